The van der Waals surface area contributed by atoms with E-state index in [-0.39, 0.29) is 11.9 Å². The van der Waals surface area contributed by atoms with E-state index < -0.39 is 0 Å². The molecular formula is C29H28N2O2S2. The highest BCUT2D eigenvalue weighted by atomic mass is 32.1. The van der Waals surface area contributed by atoms with Gasteiger partial charge in [0, 0.05) is 22.9 Å². The second-order valence-electron chi connectivity index (χ2n) is 8.14. The number of benzene rings is 3. The van der Waals surface area contributed by atoms with Crippen LogP contribution in [-0.4, -0.2) is 24.7 Å². The van der Waals surface area contributed by atoms with E-state index in [4.69, 9.17) is 17.0 Å². The second-order valence-corrected chi connectivity index (χ2v) is 9.77. The van der Waals surface area contributed by atoms with Gasteiger partial charge in [0.05, 0.1) is 7.11 Å². The number of hydrogen-bond acceptors (Lipinski definition) is 4. The van der Waals surface area contributed by atoms with Gasteiger partial charge < -0.3 is 15.4 Å². The van der Waals surface area contributed by atoms with Gasteiger partial charge in [-0.25, -0.2) is 4.79 Å². The highest BCUT2D eigenvalue weighted by Gasteiger charge is 2.24. The molecule has 1 heterocycles. The standard InChI is InChI=1S/C29H28N2O2S2/c1-20-25(23-16-10-5-11-17-23)26(28(32)33-2)27(35-20)31-29(34)30-19-18-24(21-12-6-3-7-13-21)22-14-8-4-9-15-22/h3-17,24H,18-19H2,1-2H3,(H2,30,31,34). The minimum Gasteiger partial charge on any atom is -0.465 e. The van der Waals surface area contributed by atoms with Crippen LogP contribution < -0.4 is 10.6 Å². The molecule has 0 unspecified atom stereocenters. The van der Waals surface area contributed by atoms with Gasteiger partial charge in [-0.1, -0.05) is 91.0 Å². The van der Waals surface area contributed by atoms with Crippen molar-refractivity contribution in [2.24, 2.45) is 0 Å². The molecule has 0 saturated heterocycles. The Balaban J connectivity index is 1.48. The van der Waals surface area contributed by atoms with Crippen molar-refractivity contribution in [1.82, 2.24) is 5.32 Å². The minimum atomic E-state index is -0.383. The van der Waals surface area contributed by atoms with Gasteiger partial charge in [-0.05, 0) is 42.3 Å². The number of hydrogen-bond donors (Lipinski definition) is 2. The van der Waals surface area contributed by atoms with Crippen molar-refractivity contribution in [3.05, 3.63) is 113 Å². The summed E-state index contributed by atoms with van der Waals surface area (Å²) in [5.41, 5.74) is 4.90. The van der Waals surface area contributed by atoms with Gasteiger partial charge in [0.2, 0.25) is 0 Å². The first-order valence-electron chi connectivity index (χ1n) is 11.5. The van der Waals surface area contributed by atoms with E-state index in [0.717, 1.165) is 22.4 Å². The van der Waals surface area contributed by atoms with Crippen molar-refractivity contribution in [2.75, 3.05) is 19.0 Å². The van der Waals surface area contributed by atoms with Crippen LogP contribution in [0.1, 0.15) is 38.7 Å². The predicted molar refractivity (Wildman–Crippen MR) is 149 cm³/mol. The Morgan fingerprint density at radius 1 is 0.914 bits per heavy atom. The zero-order valence-electron chi connectivity index (χ0n) is 19.8. The quantitative estimate of drug-likeness (QED) is 0.201. The average molecular weight is 501 g/mol. The smallest absolute Gasteiger partial charge is 0.341 e. The number of anilines is 1. The molecule has 0 fully saturated rings. The summed E-state index contributed by atoms with van der Waals surface area (Å²) < 4.78 is 5.11. The normalized spacial score (nSPS) is 10.7. The number of carbonyl (C=O) groups is 1. The maximum Gasteiger partial charge on any atom is 0.341 e. The lowest BCUT2D eigenvalue weighted by molar-refractivity contribution is 0.0603. The van der Waals surface area contributed by atoms with Crippen molar-refractivity contribution >= 4 is 39.6 Å². The van der Waals surface area contributed by atoms with E-state index >= 15 is 0 Å². The van der Waals surface area contributed by atoms with Crippen LogP contribution >= 0.6 is 23.6 Å². The zero-order valence-corrected chi connectivity index (χ0v) is 21.4. The number of ether oxygens (including phenoxy) is 1. The van der Waals surface area contributed by atoms with Gasteiger partial charge in [-0.3, -0.25) is 0 Å². The molecule has 178 valence electrons. The number of carbonyl (C=O) groups excluding carboxylic acids is 1. The Morgan fingerprint density at radius 3 is 2.00 bits per heavy atom. The molecule has 0 spiro atoms. The molecule has 2 N–H and O–H groups in total. The molecule has 1 aromatic heterocycles. The molecule has 0 radical (unpaired) electrons. The zero-order chi connectivity index (χ0) is 24.6. The third-order valence-electron chi connectivity index (χ3n) is 5.89. The molecular weight excluding hydrogens is 472 g/mol. The van der Waals surface area contributed by atoms with E-state index in [1.165, 1.54) is 29.6 Å². The fraction of sp³-hybridized carbons (Fsp3) is 0.172. The summed E-state index contributed by atoms with van der Waals surface area (Å²) in [6.07, 6.45) is 0.873. The maximum atomic E-state index is 12.7. The molecule has 0 bridgehead atoms. The molecule has 0 amide bonds. The van der Waals surface area contributed by atoms with E-state index in [2.05, 4.69) is 59.2 Å². The number of thiophene rings is 1. The van der Waals surface area contributed by atoms with Crippen molar-refractivity contribution < 1.29 is 9.53 Å². The van der Waals surface area contributed by atoms with Crippen LogP contribution in [0.15, 0.2) is 91.0 Å². The Kier molecular flexibility index (Phi) is 8.29. The average Bonchev–Trinajstić information content (AvgIpc) is 3.22. The van der Waals surface area contributed by atoms with Crippen LogP contribution in [0.3, 0.4) is 0 Å². The molecule has 0 aliphatic carbocycles. The van der Waals surface area contributed by atoms with E-state index in [9.17, 15) is 4.79 Å². The van der Waals surface area contributed by atoms with Crippen molar-refractivity contribution in [1.29, 1.82) is 0 Å². The van der Waals surface area contributed by atoms with E-state index in [1.807, 2.05) is 49.4 Å². The summed E-state index contributed by atoms with van der Waals surface area (Å²) in [6.45, 7) is 2.69. The van der Waals surface area contributed by atoms with Gasteiger partial charge >= 0.3 is 5.97 Å². The van der Waals surface area contributed by atoms with Crippen molar-refractivity contribution in [3.63, 3.8) is 0 Å². The number of esters is 1. The highest BCUT2D eigenvalue weighted by Crippen LogP contribution is 2.40. The lowest BCUT2D eigenvalue weighted by Gasteiger charge is -2.19. The van der Waals surface area contributed by atoms with Crippen LogP contribution in [-0.2, 0) is 4.74 Å². The van der Waals surface area contributed by atoms with Gasteiger partial charge in [-0.15, -0.1) is 11.3 Å². The monoisotopic (exact) mass is 500 g/mol. The molecule has 4 nitrogen and oxygen atoms in total. The fourth-order valence-electron chi connectivity index (χ4n) is 4.26. The Morgan fingerprint density at radius 2 is 1.46 bits per heavy atom. The molecule has 0 aliphatic heterocycles. The van der Waals surface area contributed by atoms with Gasteiger partial charge in [0.15, 0.2) is 5.11 Å². The summed E-state index contributed by atoms with van der Waals surface area (Å²) in [4.78, 5) is 13.7. The fourth-order valence-corrected chi connectivity index (χ4v) is 5.59. The lowest BCUT2D eigenvalue weighted by atomic mass is 9.88. The first kappa shape index (κ1) is 24.6. The highest BCUT2D eigenvalue weighted by molar-refractivity contribution is 7.80. The summed E-state index contributed by atoms with van der Waals surface area (Å²) in [5, 5.41) is 7.75. The second kappa shape index (κ2) is 11.8. The van der Waals surface area contributed by atoms with Crippen LogP contribution in [0, 0.1) is 6.92 Å². The summed E-state index contributed by atoms with van der Waals surface area (Å²) in [5.74, 6) is -0.126. The third-order valence-corrected chi connectivity index (χ3v) is 7.15. The Bertz CT molecular complexity index is 1230. The topological polar surface area (TPSA) is 50.4 Å². The lowest BCUT2D eigenvalue weighted by Crippen LogP contribution is -2.30. The van der Waals surface area contributed by atoms with Gasteiger partial charge in [-0.2, -0.15) is 0 Å². The van der Waals surface area contributed by atoms with Crippen molar-refractivity contribution in [2.45, 2.75) is 19.3 Å². The first-order chi connectivity index (χ1) is 17.1. The van der Waals surface area contributed by atoms with E-state index in [0.29, 0.717) is 22.2 Å². The molecule has 0 aliphatic rings. The molecule has 0 saturated carbocycles. The molecule has 6 heteroatoms. The number of thiocarbonyl (C=S) groups is 1. The van der Waals surface area contributed by atoms with Crippen LogP contribution in [0.2, 0.25) is 0 Å². The first-order valence-corrected chi connectivity index (χ1v) is 12.7. The summed E-state index contributed by atoms with van der Waals surface area (Å²) in [7, 11) is 1.40. The van der Waals surface area contributed by atoms with Crippen molar-refractivity contribution in [3.8, 4) is 11.1 Å². The molecule has 4 rings (SSSR count). The number of methoxy groups -OCH3 is 1. The number of aryl methyl sites for hydroxylation is 1. The third kappa shape index (κ3) is 5.96. The van der Waals surface area contributed by atoms with Gasteiger partial charge in [0.1, 0.15) is 10.6 Å². The SMILES string of the molecule is COC(=O)c1c(NC(=S)NCCC(c2ccccc2)c2ccccc2)sc(C)c1-c1ccccc1. The number of rotatable bonds is 8. The van der Waals surface area contributed by atoms with Crippen LogP contribution in [0.4, 0.5) is 5.00 Å². The Hall–Kier alpha value is -3.48. The molecule has 0 atom stereocenters. The van der Waals surface area contributed by atoms with Crippen LogP contribution in [0.5, 0.6) is 0 Å². The maximum absolute atomic E-state index is 12.7. The minimum absolute atomic E-state index is 0.256. The molecule has 3 aromatic carbocycles. The Labute approximate surface area is 216 Å². The molecule has 35 heavy (non-hydrogen) atoms. The van der Waals surface area contributed by atoms with Crippen LogP contribution in [0.25, 0.3) is 11.1 Å². The van der Waals surface area contributed by atoms with Gasteiger partial charge in [0.25, 0.3) is 0 Å². The summed E-state index contributed by atoms with van der Waals surface area (Å²) >= 11 is 7.11. The van der Waals surface area contributed by atoms with E-state index in [1.54, 1.807) is 0 Å². The summed E-state index contributed by atoms with van der Waals surface area (Å²) in [6, 6.07) is 30.9. The largest absolute Gasteiger partial charge is 0.465 e. The number of nitrogens with one attached hydrogen (secondary N) is 2. The predicted octanol–water partition coefficient (Wildman–Crippen LogP) is 7.02. The molecule has 4 aromatic rings.